The molecule has 0 bridgehead atoms. The summed E-state index contributed by atoms with van der Waals surface area (Å²) in [5.74, 6) is 1.01. The van der Waals surface area contributed by atoms with Gasteiger partial charge in [-0.2, -0.15) is 0 Å². The molecule has 6 heteroatoms. The molecule has 1 amide bonds. The molecule has 3 rings (SSSR count). The number of aryl methyl sites for hydroxylation is 3. The summed E-state index contributed by atoms with van der Waals surface area (Å²) >= 11 is 0. The summed E-state index contributed by atoms with van der Waals surface area (Å²) in [6.07, 6.45) is 1.57. The SMILES string of the molecule is CCn1cc(C(=O)NCc2ccc(C)o2)c(=O)c2ccc(C)nc21. The number of hydrogen-bond donors (Lipinski definition) is 1. The van der Waals surface area contributed by atoms with Crippen LogP contribution in [0.4, 0.5) is 0 Å². The van der Waals surface area contributed by atoms with Gasteiger partial charge in [-0.3, -0.25) is 9.59 Å². The Balaban J connectivity index is 1.96. The first kappa shape index (κ1) is 16.0. The Kier molecular flexibility index (Phi) is 4.20. The highest BCUT2D eigenvalue weighted by atomic mass is 16.3. The second kappa shape index (κ2) is 6.31. The van der Waals surface area contributed by atoms with Crippen molar-refractivity contribution in [3.63, 3.8) is 0 Å². The Hall–Kier alpha value is -2.89. The number of rotatable bonds is 4. The molecule has 0 fully saturated rings. The summed E-state index contributed by atoms with van der Waals surface area (Å²) in [7, 11) is 0. The Bertz CT molecular complexity index is 969. The van der Waals surface area contributed by atoms with Gasteiger partial charge in [0.05, 0.1) is 11.9 Å². The van der Waals surface area contributed by atoms with Crippen molar-refractivity contribution in [3.05, 3.63) is 63.5 Å². The minimum Gasteiger partial charge on any atom is -0.465 e. The molecule has 0 aliphatic carbocycles. The van der Waals surface area contributed by atoms with Crippen molar-refractivity contribution in [3.8, 4) is 0 Å². The van der Waals surface area contributed by atoms with Gasteiger partial charge in [-0.25, -0.2) is 4.98 Å². The van der Waals surface area contributed by atoms with Gasteiger partial charge in [0.2, 0.25) is 5.43 Å². The van der Waals surface area contributed by atoms with Crippen LogP contribution in [0.2, 0.25) is 0 Å². The van der Waals surface area contributed by atoms with Gasteiger partial charge in [-0.05, 0) is 45.0 Å². The first-order valence-electron chi connectivity index (χ1n) is 7.84. The molecule has 0 aliphatic rings. The van der Waals surface area contributed by atoms with Crippen molar-refractivity contribution >= 4 is 16.9 Å². The Morgan fingerprint density at radius 1 is 1.25 bits per heavy atom. The van der Waals surface area contributed by atoms with Crippen molar-refractivity contribution in [2.45, 2.75) is 33.9 Å². The van der Waals surface area contributed by atoms with Crippen molar-refractivity contribution < 1.29 is 9.21 Å². The van der Waals surface area contributed by atoms with E-state index in [1.54, 1.807) is 24.4 Å². The largest absolute Gasteiger partial charge is 0.465 e. The third kappa shape index (κ3) is 2.95. The van der Waals surface area contributed by atoms with Crippen LogP contribution < -0.4 is 10.7 Å². The molecule has 0 aromatic carbocycles. The normalized spacial score (nSPS) is 11.0. The van der Waals surface area contributed by atoms with Crippen LogP contribution >= 0.6 is 0 Å². The first-order valence-corrected chi connectivity index (χ1v) is 7.84. The van der Waals surface area contributed by atoms with Gasteiger partial charge < -0.3 is 14.3 Å². The minimum atomic E-state index is -0.418. The molecular weight excluding hydrogens is 306 g/mol. The third-order valence-corrected chi connectivity index (χ3v) is 3.87. The molecular formula is C18H19N3O3. The van der Waals surface area contributed by atoms with E-state index < -0.39 is 5.91 Å². The van der Waals surface area contributed by atoms with Gasteiger partial charge in [-0.15, -0.1) is 0 Å². The third-order valence-electron chi connectivity index (χ3n) is 3.87. The van der Waals surface area contributed by atoms with Crippen LogP contribution in [0.3, 0.4) is 0 Å². The van der Waals surface area contributed by atoms with Crippen LogP contribution in [0.1, 0.15) is 34.5 Å². The predicted octanol–water partition coefficient (Wildman–Crippen LogP) is 2.56. The number of amides is 1. The monoisotopic (exact) mass is 325 g/mol. The summed E-state index contributed by atoms with van der Waals surface area (Å²) in [4.78, 5) is 29.5. The van der Waals surface area contributed by atoms with Crippen molar-refractivity contribution in [2.24, 2.45) is 0 Å². The smallest absolute Gasteiger partial charge is 0.257 e. The topological polar surface area (TPSA) is 77.1 Å². The number of furan rings is 1. The highest BCUT2D eigenvalue weighted by Gasteiger charge is 2.16. The molecule has 124 valence electrons. The van der Waals surface area contributed by atoms with Crippen LogP contribution in [-0.4, -0.2) is 15.5 Å². The minimum absolute atomic E-state index is 0.110. The number of pyridine rings is 2. The van der Waals surface area contributed by atoms with Gasteiger partial charge >= 0.3 is 0 Å². The molecule has 0 radical (unpaired) electrons. The second-order valence-corrected chi connectivity index (χ2v) is 5.68. The van der Waals surface area contributed by atoms with Crippen LogP contribution in [0, 0.1) is 13.8 Å². The molecule has 0 unspecified atom stereocenters. The summed E-state index contributed by atoms with van der Waals surface area (Å²) in [6, 6.07) is 7.12. The summed E-state index contributed by atoms with van der Waals surface area (Å²) < 4.78 is 7.24. The molecule has 24 heavy (non-hydrogen) atoms. The van der Waals surface area contributed by atoms with Gasteiger partial charge in [0, 0.05) is 18.4 Å². The predicted molar refractivity (Wildman–Crippen MR) is 91.0 cm³/mol. The van der Waals surface area contributed by atoms with Crippen LogP contribution in [0.15, 0.2) is 39.7 Å². The second-order valence-electron chi connectivity index (χ2n) is 5.68. The lowest BCUT2D eigenvalue weighted by Gasteiger charge is -2.11. The molecule has 1 N–H and O–H groups in total. The maximum Gasteiger partial charge on any atom is 0.257 e. The van der Waals surface area contributed by atoms with Crippen LogP contribution in [-0.2, 0) is 13.1 Å². The zero-order valence-corrected chi connectivity index (χ0v) is 13.9. The number of carbonyl (C=O) groups is 1. The Morgan fingerprint density at radius 3 is 2.71 bits per heavy atom. The fraction of sp³-hybridized carbons (Fsp3) is 0.278. The van der Waals surface area contributed by atoms with E-state index in [4.69, 9.17) is 4.42 Å². The zero-order chi connectivity index (χ0) is 17.3. The number of hydrogen-bond acceptors (Lipinski definition) is 4. The molecule has 0 saturated carbocycles. The molecule has 3 heterocycles. The maximum absolute atomic E-state index is 12.6. The van der Waals surface area contributed by atoms with E-state index in [-0.39, 0.29) is 17.5 Å². The molecule has 3 aromatic heterocycles. The summed E-state index contributed by atoms with van der Waals surface area (Å²) in [5, 5.41) is 3.18. The lowest BCUT2D eigenvalue weighted by atomic mass is 10.1. The number of carbonyl (C=O) groups excluding carboxylic acids is 1. The fourth-order valence-corrected chi connectivity index (χ4v) is 2.61. The molecule has 0 spiro atoms. The van der Waals surface area contributed by atoms with E-state index in [1.165, 1.54) is 0 Å². The standard InChI is InChI=1S/C18H19N3O3/c1-4-21-10-15(16(22)14-8-5-11(2)20-17(14)21)18(23)19-9-13-7-6-12(3)24-13/h5-8,10H,4,9H2,1-3H3,(H,19,23). The van der Waals surface area contributed by atoms with E-state index >= 15 is 0 Å². The molecule has 3 aromatic rings. The number of nitrogens with zero attached hydrogens (tertiary/aromatic N) is 2. The highest BCUT2D eigenvalue weighted by molar-refractivity contribution is 5.96. The van der Waals surface area contributed by atoms with E-state index in [9.17, 15) is 9.59 Å². The van der Waals surface area contributed by atoms with E-state index in [2.05, 4.69) is 10.3 Å². The molecule has 0 saturated heterocycles. The van der Waals surface area contributed by atoms with Gasteiger partial charge in [0.25, 0.3) is 5.91 Å². The average Bonchev–Trinajstić information content (AvgIpc) is 2.98. The van der Waals surface area contributed by atoms with Crippen molar-refractivity contribution in [1.29, 1.82) is 0 Å². The lowest BCUT2D eigenvalue weighted by Crippen LogP contribution is -2.29. The van der Waals surface area contributed by atoms with Crippen LogP contribution in [0.25, 0.3) is 11.0 Å². The van der Waals surface area contributed by atoms with Crippen molar-refractivity contribution in [1.82, 2.24) is 14.9 Å². The highest BCUT2D eigenvalue weighted by Crippen LogP contribution is 2.11. The fourth-order valence-electron chi connectivity index (χ4n) is 2.61. The van der Waals surface area contributed by atoms with Crippen LogP contribution in [0.5, 0.6) is 0 Å². The van der Waals surface area contributed by atoms with Gasteiger partial charge in [0.1, 0.15) is 22.7 Å². The van der Waals surface area contributed by atoms with Gasteiger partial charge in [-0.1, -0.05) is 0 Å². The molecule has 6 nitrogen and oxygen atoms in total. The summed E-state index contributed by atoms with van der Waals surface area (Å²) in [5.41, 5.74) is 1.23. The zero-order valence-electron chi connectivity index (χ0n) is 13.9. The Labute approximate surface area is 139 Å². The number of fused-ring (bicyclic) bond motifs is 1. The summed E-state index contributed by atoms with van der Waals surface area (Å²) in [6.45, 7) is 6.51. The molecule has 0 aliphatic heterocycles. The number of aromatic nitrogens is 2. The first-order chi connectivity index (χ1) is 11.5. The Morgan fingerprint density at radius 2 is 2.04 bits per heavy atom. The van der Waals surface area contributed by atoms with E-state index in [0.717, 1.165) is 11.5 Å². The number of nitrogens with one attached hydrogen (secondary N) is 1. The quantitative estimate of drug-likeness (QED) is 0.800. The van der Waals surface area contributed by atoms with E-state index in [0.29, 0.717) is 23.3 Å². The lowest BCUT2D eigenvalue weighted by molar-refractivity contribution is 0.0946. The van der Waals surface area contributed by atoms with Gasteiger partial charge in [0.15, 0.2) is 0 Å². The van der Waals surface area contributed by atoms with Crippen molar-refractivity contribution in [2.75, 3.05) is 0 Å². The average molecular weight is 325 g/mol. The maximum atomic E-state index is 12.6. The molecule has 0 atom stereocenters. The van der Waals surface area contributed by atoms with E-state index in [1.807, 2.05) is 31.4 Å².